The van der Waals surface area contributed by atoms with Gasteiger partial charge < -0.3 is 10.0 Å². The lowest BCUT2D eigenvalue weighted by atomic mass is 10.1. The SMILES string of the molecule is CC1CC(=O)CCN(C(=O)O)C1. The van der Waals surface area contributed by atoms with Gasteiger partial charge in [-0.2, -0.15) is 0 Å². The molecule has 4 nitrogen and oxygen atoms in total. The Kier molecular flexibility index (Phi) is 2.68. The van der Waals surface area contributed by atoms with E-state index in [0.717, 1.165) is 0 Å². The molecule has 1 unspecified atom stereocenters. The van der Waals surface area contributed by atoms with Crippen LogP contribution < -0.4 is 0 Å². The van der Waals surface area contributed by atoms with Gasteiger partial charge in [0, 0.05) is 25.9 Å². The maximum absolute atomic E-state index is 11.0. The molecule has 1 rings (SSSR count). The Hall–Kier alpha value is -1.06. The van der Waals surface area contributed by atoms with Crippen LogP contribution in [0.1, 0.15) is 19.8 Å². The van der Waals surface area contributed by atoms with E-state index >= 15 is 0 Å². The summed E-state index contributed by atoms with van der Waals surface area (Å²) in [5, 5.41) is 8.68. The number of carbonyl (C=O) groups is 2. The van der Waals surface area contributed by atoms with Gasteiger partial charge in [-0.1, -0.05) is 6.92 Å². The van der Waals surface area contributed by atoms with E-state index in [2.05, 4.69) is 0 Å². The van der Waals surface area contributed by atoms with Crippen molar-refractivity contribution >= 4 is 11.9 Å². The van der Waals surface area contributed by atoms with Crippen LogP contribution >= 0.6 is 0 Å². The van der Waals surface area contributed by atoms with Gasteiger partial charge in [-0.3, -0.25) is 4.79 Å². The van der Waals surface area contributed by atoms with Gasteiger partial charge in [-0.25, -0.2) is 4.79 Å². The van der Waals surface area contributed by atoms with Crippen molar-refractivity contribution in [3.05, 3.63) is 0 Å². The zero-order valence-corrected chi connectivity index (χ0v) is 7.12. The Balaban J connectivity index is 2.58. The van der Waals surface area contributed by atoms with E-state index in [-0.39, 0.29) is 11.7 Å². The van der Waals surface area contributed by atoms with Crippen molar-refractivity contribution in [3.8, 4) is 0 Å². The van der Waals surface area contributed by atoms with E-state index in [1.807, 2.05) is 6.92 Å². The topological polar surface area (TPSA) is 57.6 Å². The molecule has 1 amide bonds. The summed E-state index contributed by atoms with van der Waals surface area (Å²) in [5.74, 6) is 0.336. The zero-order valence-electron chi connectivity index (χ0n) is 7.12. The van der Waals surface area contributed by atoms with Crippen LogP contribution in [0.3, 0.4) is 0 Å². The Morgan fingerprint density at radius 1 is 1.67 bits per heavy atom. The minimum atomic E-state index is -0.920. The van der Waals surface area contributed by atoms with Gasteiger partial charge in [0.2, 0.25) is 0 Å². The van der Waals surface area contributed by atoms with Crippen LogP contribution in [0.4, 0.5) is 4.79 Å². The third-order valence-electron chi connectivity index (χ3n) is 2.04. The van der Waals surface area contributed by atoms with E-state index < -0.39 is 6.09 Å². The van der Waals surface area contributed by atoms with E-state index in [1.165, 1.54) is 4.90 Å². The summed E-state index contributed by atoms with van der Waals surface area (Å²) in [7, 11) is 0. The second kappa shape index (κ2) is 3.56. The van der Waals surface area contributed by atoms with Crippen molar-refractivity contribution in [1.29, 1.82) is 0 Å². The van der Waals surface area contributed by atoms with Crippen LogP contribution in [0.2, 0.25) is 0 Å². The smallest absolute Gasteiger partial charge is 0.407 e. The monoisotopic (exact) mass is 171 g/mol. The van der Waals surface area contributed by atoms with E-state index in [4.69, 9.17) is 5.11 Å². The summed E-state index contributed by atoms with van der Waals surface area (Å²) < 4.78 is 0. The normalized spacial score (nSPS) is 25.2. The predicted molar refractivity (Wildman–Crippen MR) is 43.0 cm³/mol. The quantitative estimate of drug-likeness (QED) is 0.590. The highest BCUT2D eigenvalue weighted by atomic mass is 16.4. The van der Waals surface area contributed by atoms with Crippen molar-refractivity contribution < 1.29 is 14.7 Å². The Labute approximate surface area is 71.2 Å². The first-order chi connectivity index (χ1) is 5.59. The van der Waals surface area contributed by atoms with Crippen molar-refractivity contribution in [3.63, 3.8) is 0 Å². The average Bonchev–Trinajstić information content (AvgIpc) is 2.11. The fraction of sp³-hybridized carbons (Fsp3) is 0.750. The summed E-state index contributed by atoms with van der Waals surface area (Å²) in [6.07, 6.45) is -0.0306. The van der Waals surface area contributed by atoms with E-state index in [9.17, 15) is 9.59 Å². The highest BCUT2D eigenvalue weighted by Crippen LogP contribution is 2.12. The number of rotatable bonds is 0. The number of hydrogen-bond acceptors (Lipinski definition) is 2. The molecule has 1 heterocycles. The predicted octanol–water partition coefficient (Wildman–Crippen LogP) is 0.965. The number of ketones is 1. The van der Waals surface area contributed by atoms with Gasteiger partial charge in [-0.15, -0.1) is 0 Å². The van der Waals surface area contributed by atoms with Gasteiger partial charge >= 0.3 is 6.09 Å². The molecule has 0 saturated carbocycles. The fourth-order valence-electron chi connectivity index (χ4n) is 1.46. The fourth-order valence-corrected chi connectivity index (χ4v) is 1.46. The molecule has 68 valence electrons. The van der Waals surface area contributed by atoms with Crippen LogP contribution in [0.25, 0.3) is 0 Å². The minimum Gasteiger partial charge on any atom is -0.465 e. The molecule has 1 aliphatic rings. The van der Waals surface area contributed by atoms with Gasteiger partial charge in [0.25, 0.3) is 0 Å². The van der Waals surface area contributed by atoms with Crippen LogP contribution in [0.5, 0.6) is 0 Å². The molecule has 0 aliphatic carbocycles. The molecule has 4 heteroatoms. The third kappa shape index (κ3) is 2.22. The third-order valence-corrected chi connectivity index (χ3v) is 2.04. The second-order valence-electron chi connectivity index (χ2n) is 3.33. The molecule has 1 fully saturated rings. The molecular weight excluding hydrogens is 158 g/mol. The van der Waals surface area contributed by atoms with E-state index in [0.29, 0.717) is 25.9 Å². The van der Waals surface area contributed by atoms with Crippen molar-refractivity contribution in [2.24, 2.45) is 5.92 Å². The lowest BCUT2D eigenvalue weighted by molar-refractivity contribution is -0.119. The lowest BCUT2D eigenvalue weighted by Crippen LogP contribution is -2.32. The molecule has 0 aromatic heterocycles. The maximum atomic E-state index is 11.0. The highest BCUT2D eigenvalue weighted by molar-refractivity contribution is 5.80. The molecule has 12 heavy (non-hydrogen) atoms. The molecule has 0 bridgehead atoms. The number of nitrogens with zero attached hydrogens (tertiary/aromatic N) is 1. The van der Waals surface area contributed by atoms with Crippen LogP contribution in [-0.2, 0) is 4.79 Å². The molecule has 0 aromatic rings. The first-order valence-corrected chi connectivity index (χ1v) is 4.09. The molecular formula is C8H13NO3. The van der Waals surface area contributed by atoms with Crippen molar-refractivity contribution in [2.45, 2.75) is 19.8 Å². The summed E-state index contributed by atoms with van der Waals surface area (Å²) in [4.78, 5) is 22.9. The number of amides is 1. The van der Waals surface area contributed by atoms with Crippen LogP contribution in [-0.4, -0.2) is 35.0 Å². The second-order valence-corrected chi connectivity index (χ2v) is 3.33. The first-order valence-electron chi connectivity index (χ1n) is 4.09. The zero-order chi connectivity index (χ0) is 9.14. The molecule has 0 spiro atoms. The largest absolute Gasteiger partial charge is 0.465 e. The molecule has 1 saturated heterocycles. The summed E-state index contributed by atoms with van der Waals surface area (Å²) >= 11 is 0. The standard InChI is InChI=1S/C8H13NO3/c1-6-4-7(10)2-3-9(5-6)8(11)12/h6H,2-5H2,1H3,(H,11,12). The number of Topliss-reactive ketones (excluding diaryl/α,β-unsaturated/α-hetero) is 1. The van der Waals surface area contributed by atoms with Gasteiger partial charge in [0.1, 0.15) is 5.78 Å². The Morgan fingerprint density at radius 3 is 2.92 bits per heavy atom. The Bertz CT molecular complexity index is 202. The maximum Gasteiger partial charge on any atom is 0.407 e. The van der Waals surface area contributed by atoms with Crippen LogP contribution in [0, 0.1) is 5.92 Å². The molecule has 1 aliphatic heterocycles. The van der Waals surface area contributed by atoms with Gasteiger partial charge in [0.15, 0.2) is 0 Å². The molecule has 1 N–H and O–H groups in total. The lowest BCUT2D eigenvalue weighted by Gasteiger charge is -2.17. The van der Waals surface area contributed by atoms with Crippen LogP contribution in [0.15, 0.2) is 0 Å². The molecule has 0 radical (unpaired) electrons. The minimum absolute atomic E-state index is 0.163. The van der Waals surface area contributed by atoms with Crippen molar-refractivity contribution in [1.82, 2.24) is 4.90 Å². The molecule has 1 atom stereocenters. The van der Waals surface area contributed by atoms with Crippen molar-refractivity contribution in [2.75, 3.05) is 13.1 Å². The Morgan fingerprint density at radius 2 is 2.33 bits per heavy atom. The highest BCUT2D eigenvalue weighted by Gasteiger charge is 2.22. The number of likely N-dealkylation sites (tertiary alicyclic amines) is 1. The number of carboxylic acid groups (broad SMARTS) is 1. The number of hydrogen-bond donors (Lipinski definition) is 1. The average molecular weight is 171 g/mol. The summed E-state index contributed by atoms with van der Waals surface area (Å²) in [6, 6.07) is 0. The summed E-state index contributed by atoms with van der Waals surface area (Å²) in [5.41, 5.74) is 0. The van der Waals surface area contributed by atoms with Gasteiger partial charge in [-0.05, 0) is 5.92 Å². The molecule has 0 aromatic carbocycles. The summed E-state index contributed by atoms with van der Waals surface area (Å²) in [6.45, 7) is 2.75. The van der Waals surface area contributed by atoms with E-state index in [1.54, 1.807) is 0 Å². The first kappa shape index (κ1) is 9.03. The van der Waals surface area contributed by atoms with Gasteiger partial charge in [0.05, 0.1) is 0 Å². The number of carbonyl (C=O) groups excluding carboxylic acids is 1.